The van der Waals surface area contributed by atoms with Crippen LogP contribution in [0.5, 0.6) is 5.75 Å². The second-order valence-corrected chi connectivity index (χ2v) is 4.23. The smallest absolute Gasteiger partial charge is 0.204 e. The highest BCUT2D eigenvalue weighted by Gasteiger charge is 2.26. The fraction of sp³-hybridized carbons (Fsp3) is 0.636. The third-order valence-corrected chi connectivity index (χ3v) is 3.14. The summed E-state index contributed by atoms with van der Waals surface area (Å²) in [6.07, 6.45) is 3.35. The van der Waals surface area contributed by atoms with Crippen LogP contribution in [0.1, 0.15) is 12.8 Å². The molecular formula is C11H18N4O2. The van der Waals surface area contributed by atoms with Crippen LogP contribution in [-0.2, 0) is 0 Å². The minimum Gasteiger partial charge on any atom is -0.490 e. The van der Waals surface area contributed by atoms with Gasteiger partial charge in [0.25, 0.3) is 0 Å². The highest BCUT2D eigenvalue weighted by Crippen LogP contribution is 2.33. The number of aliphatic hydroxyl groups is 1. The van der Waals surface area contributed by atoms with Crippen LogP contribution < -0.4 is 15.4 Å². The first-order valence-corrected chi connectivity index (χ1v) is 5.76. The van der Waals surface area contributed by atoms with E-state index in [-0.39, 0.29) is 6.61 Å². The Morgan fingerprint density at radius 3 is 3.12 bits per heavy atom. The van der Waals surface area contributed by atoms with E-state index in [4.69, 9.17) is 15.6 Å². The van der Waals surface area contributed by atoms with Gasteiger partial charge in [0.1, 0.15) is 6.33 Å². The Hall–Kier alpha value is -1.56. The number of anilines is 2. The van der Waals surface area contributed by atoms with Gasteiger partial charge in [0, 0.05) is 19.7 Å². The molecule has 6 nitrogen and oxygen atoms in total. The van der Waals surface area contributed by atoms with Crippen LogP contribution in [0, 0.1) is 5.92 Å². The molecule has 6 heteroatoms. The lowest BCUT2D eigenvalue weighted by Crippen LogP contribution is -2.22. The topological polar surface area (TPSA) is 84.5 Å². The van der Waals surface area contributed by atoms with E-state index in [9.17, 15) is 0 Å². The number of nitrogens with zero attached hydrogens (tertiary/aromatic N) is 3. The number of rotatable bonds is 4. The number of ether oxygens (including phenoxy) is 1. The zero-order valence-electron chi connectivity index (χ0n) is 9.96. The molecule has 1 aliphatic rings. The molecule has 17 heavy (non-hydrogen) atoms. The van der Waals surface area contributed by atoms with Gasteiger partial charge in [-0.05, 0) is 18.8 Å². The number of methoxy groups -OCH3 is 1. The van der Waals surface area contributed by atoms with Gasteiger partial charge < -0.3 is 20.5 Å². The fourth-order valence-electron chi connectivity index (χ4n) is 2.24. The molecule has 0 aromatic carbocycles. The summed E-state index contributed by atoms with van der Waals surface area (Å²) in [6.45, 7) is 2.03. The van der Waals surface area contributed by atoms with E-state index in [1.54, 1.807) is 7.11 Å². The van der Waals surface area contributed by atoms with Gasteiger partial charge in [0.15, 0.2) is 11.6 Å². The van der Waals surface area contributed by atoms with Crippen LogP contribution in [0.2, 0.25) is 0 Å². The fourth-order valence-corrected chi connectivity index (χ4v) is 2.24. The van der Waals surface area contributed by atoms with Crippen molar-refractivity contribution in [2.24, 2.45) is 5.92 Å². The van der Waals surface area contributed by atoms with Crippen LogP contribution in [0.15, 0.2) is 6.33 Å². The first-order chi connectivity index (χ1) is 8.26. The largest absolute Gasteiger partial charge is 0.490 e. The number of nitrogens with two attached hydrogens (primary N) is 1. The van der Waals surface area contributed by atoms with E-state index in [0.29, 0.717) is 17.5 Å². The maximum atomic E-state index is 8.94. The molecule has 1 aromatic rings. The molecule has 1 saturated heterocycles. The zero-order valence-corrected chi connectivity index (χ0v) is 9.96. The molecule has 2 heterocycles. The van der Waals surface area contributed by atoms with Crippen molar-refractivity contribution in [2.75, 3.05) is 37.4 Å². The third kappa shape index (κ3) is 2.41. The maximum Gasteiger partial charge on any atom is 0.204 e. The quantitative estimate of drug-likeness (QED) is 0.783. The predicted octanol–water partition coefficient (Wildman–Crippen LogP) is 0.276. The minimum atomic E-state index is 0.238. The lowest BCUT2D eigenvalue weighted by Gasteiger charge is -2.20. The SMILES string of the molecule is COc1c(N)ncnc1N1CCC(CCO)C1. The van der Waals surface area contributed by atoms with E-state index < -0.39 is 0 Å². The molecule has 0 radical (unpaired) electrons. The van der Waals surface area contributed by atoms with Crippen molar-refractivity contribution in [1.29, 1.82) is 0 Å². The molecular weight excluding hydrogens is 220 g/mol. The second kappa shape index (κ2) is 5.18. The van der Waals surface area contributed by atoms with Crippen LogP contribution in [0.3, 0.4) is 0 Å². The van der Waals surface area contributed by atoms with E-state index in [1.807, 2.05) is 0 Å². The van der Waals surface area contributed by atoms with E-state index in [2.05, 4.69) is 14.9 Å². The van der Waals surface area contributed by atoms with Crippen molar-refractivity contribution < 1.29 is 9.84 Å². The molecule has 94 valence electrons. The summed E-state index contributed by atoms with van der Waals surface area (Å²) in [5.74, 6) is 2.17. The Kier molecular flexibility index (Phi) is 3.63. The van der Waals surface area contributed by atoms with Gasteiger partial charge in [0.2, 0.25) is 5.75 Å². The van der Waals surface area contributed by atoms with Gasteiger partial charge in [0.05, 0.1) is 7.11 Å². The van der Waals surface area contributed by atoms with Crippen molar-refractivity contribution >= 4 is 11.6 Å². The van der Waals surface area contributed by atoms with Crippen LogP contribution in [0.4, 0.5) is 11.6 Å². The first-order valence-electron chi connectivity index (χ1n) is 5.76. The molecule has 1 aromatic heterocycles. The van der Waals surface area contributed by atoms with Gasteiger partial charge in [-0.1, -0.05) is 0 Å². The van der Waals surface area contributed by atoms with Crippen LogP contribution >= 0.6 is 0 Å². The summed E-state index contributed by atoms with van der Waals surface area (Å²) >= 11 is 0. The van der Waals surface area contributed by atoms with Crippen LogP contribution in [-0.4, -0.2) is 41.9 Å². The molecule has 1 atom stereocenters. The number of aliphatic hydroxyl groups excluding tert-OH is 1. The zero-order chi connectivity index (χ0) is 12.3. The average molecular weight is 238 g/mol. The Bertz CT molecular complexity index is 386. The van der Waals surface area contributed by atoms with E-state index in [0.717, 1.165) is 31.7 Å². The van der Waals surface area contributed by atoms with E-state index in [1.165, 1.54) is 6.33 Å². The first kappa shape index (κ1) is 11.9. The lowest BCUT2D eigenvalue weighted by molar-refractivity contribution is 0.263. The number of aromatic nitrogens is 2. The standard InChI is InChI=1S/C11H18N4O2/c1-17-9-10(12)13-7-14-11(9)15-4-2-8(6-15)3-5-16/h7-8,16H,2-6H2,1H3,(H2,12,13,14). The molecule has 3 N–H and O–H groups in total. The Morgan fingerprint density at radius 1 is 1.59 bits per heavy atom. The summed E-state index contributed by atoms with van der Waals surface area (Å²) in [6, 6.07) is 0. The third-order valence-electron chi connectivity index (χ3n) is 3.14. The van der Waals surface area contributed by atoms with E-state index >= 15 is 0 Å². The van der Waals surface area contributed by atoms with Crippen molar-refractivity contribution in [3.8, 4) is 5.75 Å². The maximum absolute atomic E-state index is 8.94. The van der Waals surface area contributed by atoms with Crippen molar-refractivity contribution in [2.45, 2.75) is 12.8 Å². The number of hydrogen-bond acceptors (Lipinski definition) is 6. The van der Waals surface area contributed by atoms with Crippen molar-refractivity contribution in [1.82, 2.24) is 9.97 Å². The molecule has 0 bridgehead atoms. The summed E-state index contributed by atoms with van der Waals surface area (Å²) in [5, 5.41) is 8.94. The van der Waals surface area contributed by atoms with Gasteiger partial charge in [-0.25, -0.2) is 9.97 Å². The normalized spacial score (nSPS) is 19.6. The van der Waals surface area contributed by atoms with Crippen molar-refractivity contribution in [3.63, 3.8) is 0 Å². The van der Waals surface area contributed by atoms with Gasteiger partial charge in [-0.3, -0.25) is 0 Å². The molecule has 1 fully saturated rings. The monoisotopic (exact) mass is 238 g/mol. The van der Waals surface area contributed by atoms with Gasteiger partial charge in [-0.2, -0.15) is 0 Å². The summed E-state index contributed by atoms with van der Waals surface area (Å²) in [5.41, 5.74) is 5.75. The molecule has 2 rings (SSSR count). The minimum absolute atomic E-state index is 0.238. The van der Waals surface area contributed by atoms with Gasteiger partial charge in [-0.15, -0.1) is 0 Å². The molecule has 0 spiro atoms. The average Bonchev–Trinajstić information content (AvgIpc) is 2.78. The van der Waals surface area contributed by atoms with Crippen LogP contribution in [0.25, 0.3) is 0 Å². The summed E-state index contributed by atoms with van der Waals surface area (Å²) < 4.78 is 5.24. The molecule has 0 saturated carbocycles. The van der Waals surface area contributed by atoms with Gasteiger partial charge >= 0.3 is 0 Å². The molecule has 0 aliphatic carbocycles. The molecule has 1 aliphatic heterocycles. The Labute approximate surface area is 100 Å². The number of hydrogen-bond donors (Lipinski definition) is 2. The Balaban J connectivity index is 2.15. The number of nitrogen functional groups attached to an aromatic ring is 1. The predicted molar refractivity (Wildman–Crippen MR) is 65.0 cm³/mol. The summed E-state index contributed by atoms with van der Waals surface area (Å²) in [7, 11) is 1.57. The van der Waals surface area contributed by atoms with Crippen molar-refractivity contribution in [3.05, 3.63) is 6.33 Å². The second-order valence-electron chi connectivity index (χ2n) is 4.23. The highest BCUT2D eigenvalue weighted by atomic mass is 16.5. The molecule has 0 amide bonds. The molecule has 1 unspecified atom stereocenters. The Morgan fingerprint density at radius 2 is 2.41 bits per heavy atom. The highest BCUT2D eigenvalue weighted by molar-refractivity contribution is 5.63. The lowest BCUT2D eigenvalue weighted by atomic mass is 10.1. The summed E-state index contributed by atoms with van der Waals surface area (Å²) in [4.78, 5) is 10.3.